The molecule has 0 spiro atoms. The zero-order valence-electron chi connectivity index (χ0n) is 15.3. The number of aromatic amines is 1. The van der Waals surface area contributed by atoms with Gasteiger partial charge in [0.1, 0.15) is 12.4 Å². The predicted octanol–water partition coefficient (Wildman–Crippen LogP) is 3.47. The van der Waals surface area contributed by atoms with E-state index in [4.69, 9.17) is 4.74 Å². The van der Waals surface area contributed by atoms with Gasteiger partial charge in [0.2, 0.25) is 0 Å². The van der Waals surface area contributed by atoms with E-state index in [1.807, 2.05) is 42.7 Å². The molecule has 0 bridgehead atoms. The fourth-order valence-corrected chi connectivity index (χ4v) is 3.55. The van der Waals surface area contributed by atoms with E-state index in [0.29, 0.717) is 13.0 Å². The first-order valence-electron chi connectivity index (χ1n) is 9.45. The predicted molar refractivity (Wildman–Crippen MR) is 104 cm³/mol. The van der Waals surface area contributed by atoms with E-state index in [9.17, 15) is 5.11 Å². The average Bonchev–Trinajstić information content (AvgIpc) is 3.12. The topological polar surface area (TPSA) is 61.4 Å². The maximum atomic E-state index is 10.7. The highest BCUT2D eigenvalue weighted by atomic mass is 16.5. The molecule has 0 saturated heterocycles. The van der Waals surface area contributed by atoms with Gasteiger partial charge in [0.15, 0.2) is 0 Å². The third-order valence-electron chi connectivity index (χ3n) is 5.04. The van der Waals surface area contributed by atoms with Crippen LogP contribution in [0.25, 0.3) is 0 Å². The number of fused-ring (bicyclic) bond motifs is 1. The normalized spacial score (nSPS) is 15.6. The van der Waals surface area contributed by atoms with E-state index in [-0.39, 0.29) is 0 Å². The number of ether oxygens (including phenoxy) is 1. The molecule has 1 aromatic heterocycles. The van der Waals surface area contributed by atoms with Crippen LogP contribution in [0.4, 0.5) is 0 Å². The molecule has 1 unspecified atom stereocenters. The van der Waals surface area contributed by atoms with Crippen molar-refractivity contribution in [2.45, 2.75) is 32.0 Å². The lowest BCUT2D eigenvalue weighted by Gasteiger charge is -2.19. The average molecular weight is 363 g/mol. The molecule has 4 rings (SSSR count). The molecule has 1 aliphatic heterocycles. The minimum atomic E-state index is -0.471. The number of aromatic nitrogens is 2. The number of H-pyrrole nitrogens is 1. The maximum absolute atomic E-state index is 10.7. The lowest BCUT2D eigenvalue weighted by atomic mass is 9.99. The molecular weight excluding hydrogens is 338 g/mol. The van der Waals surface area contributed by atoms with Gasteiger partial charge in [-0.2, -0.15) is 5.10 Å². The van der Waals surface area contributed by atoms with Gasteiger partial charge in [-0.25, -0.2) is 0 Å². The lowest BCUT2D eigenvalue weighted by Crippen LogP contribution is -2.25. The number of nitrogens with one attached hydrogen (secondary N) is 1. The van der Waals surface area contributed by atoms with Crippen molar-refractivity contribution in [3.8, 4) is 5.75 Å². The van der Waals surface area contributed by atoms with Crippen molar-refractivity contribution in [3.05, 3.63) is 83.2 Å². The van der Waals surface area contributed by atoms with Crippen molar-refractivity contribution in [1.29, 1.82) is 0 Å². The summed E-state index contributed by atoms with van der Waals surface area (Å²) in [4.78, 5) is 2.34. The van der Waals surface area contributed by atoms with E-state index >= 15 is 0 Å². The minimum Gasteiger partial charge on any atom is -0.492 e. The Morgan fingerprint density at radius 3 is 2.85 bits per heavy atom. The van der Waals surface area contributed by atoms with Gasteiger partial charge in [-0.15, -0.1) is 0 Å². The molecule has 27 heavy (non-hydrogen) atoms. The highest BCUT2D eigenvalue weighted by Crippen LogP contribution is 2.29. The molecule has 1 aliphatic rings. The van der Waals surface area contributed by atoms with Crippen molar-refractivity contribution < 1.29 is 9.84 Å². The van der Waals surface area contributed by atoms with E-state index in [2.05, 4.69) is 33.3 Å². The van der Waals surface area contributed by atoms with Crippen LogP contribution in [0.1, 0.15) is 34.8 Å². The Balaban J connectivity index is 1.44. The largest absolute Gasteiger partial charge is 0.492 e. The van der Waals surface area contributed by atoms with E-state index < -0.39 is 6.10 Å². The number of aryl methyl sites for hydroxylation is 1. The number of aliphatic hydroxyl groups excluding tert-OH is 1. The molecule has 3 aromatic rings. The number of hydrogen-bond donors (Lipinski definition) is 2. The number of aliphatic hydroxyl groups is 1. The first kappa shape index (κ1) is 17.8. The third-order valence-corrected chi connectivity index (χ3v) is 5.04. The molecule has 0 saturated carbocycles. The molecule has 0 amide bonds. The summed E-state index contributed by atoms with van der Waals surface area (Å²) in [6, 6.07) is 16.4. The fraction of sp³-hybridized carbons (Fsp3) is 0.318. The van der Waals surface area contributed by atoms with Crippen molar-refractivity contribution in [2.24, 2.45) is 0 Å². The summed E-state index contributed by atoms with van der Waals surface area (Å²) in [5.41, 5.74) is 4.50. The van der Waals surface area contributed by atoms with Gasteiger partial charge in [0.05, 0.1) is 12.3 Å². The van der Waals surface area contributed by atoms with E-state index in [0.717, 1.165) is 48.5 Å². The summed E-state index contributed by atoms with van der Waals surface area (Å²) >= 11 is 0. The number of rotatable bonds is 6. The van der Waals surface area contributed by atoms with E-state index in [1.165, 1.54) is 5.56 Å². The smallest absolute Gasteiger partial charge is 0.123 e. The van der Waals surface area contributed by atoms with Crippen molar-refractivity contribution in [3.63, 3.8) is 0 Å². The first-order chi connectivity index (χ1) is 13.3. The highest BCUT2D eigenvalue weighted by molar-refractivity contribution is 5.39. The Bertz CT molecular complexity index is 849. The van der Waals surface area contributed by atoms with Gasteiger partial charge in [-0.1, -0.05) is 36.4 Å². The SMILES string of the molecule is OC(CCc1ccccc1)c1ccc2c(c1)CN(Cc1cn[nH]c1)CCO2. The summed E-state index contributed by atoms with van der Waals surface area (Å²) < 4.78 is 5.92. The quantitative estimate of drug-likeness (QED) is 0.704. The molecule has 2 aromatic carbocycles. The molecule has 0 radical (unpaired) electrons. The fourth-order valence-electron chi connectivity index (χ4n) is 3.55. The lowest BCUT2D eigenvalue weighted by molar-refractivity contribution is 0.167. The second-order valence-corrected chi connectivity index (χ2v) is 7.07. The Labute approximate surface area is 159 Å². The molecule has 0 aliphatic carbocycles. The molecule has 5 nitrogen and oxygen atoms in total. The molecule has 2 N–H and O–H groups in total. The summed E-state index contributed by atoms with van der Waals surface area (Å²) in [6.07, 6.45) is 4.89. The van der Waals surface area contributed by atoms with Gasteiger partial charge >= 0.3 is 0 Å². The van der Waals surface area contributed by atoms with Crippen LogP contribution in [-0.4, -0.2) is 33.4 Å². The minimum absolute atomic E-state index is 0.471. The Morgan fingerprint density at radius 2 is 2.04 bits per heavy atom. The van der Waals surface area contributed by atoms with Gasteiger partial charge in [0, 0.05) is 37.0 Å². The summed E-state index contributed by atoms with van der Waals surface area (Å²) in [5, 5.41) is 17.5. The van der Waals surface area contributed by atoms with Gasteiger partial charge in [0.25, 0.3) is 0 Å². The van der Waals surface area contributed by atoms with Crippen molar-refractivity contribution in [1.82, 2.24) is 15.1 Å². The number of hydrogen-bond acceptors (Lipinski definition) is 4. The highest BCUT2D eigenvalue weighted by Gasteiger charge is 2.18. The summed E-state index contributed by atoms with van der Waals surface area (Å²) in [7, 11) is 0. The zero-order chi connectivity index (χ0) is 18.5. The number of nitrogens with zero attached hydrogens (tertiary/aromatic N) is 2. The molecule has 2 heterocycles. The first-order valence-corrected chi connectivity index (χ1v) is 9.45. The molecular formula is C22H25N3O2. The monoisotopic (exact) mass is 363 g/mol. The Kier molecular flexibility index (Phi) is 5.51. The second-order valence-electron chi connectivity index (χ2n) is 7.07. The van der Waals surface area contributed by atoms with Crippen LogP contribution in [0.5, 0.6) is 5.75 Å². The Morgan fingerprint density at radius 1 is 1.15 bits per heavy atom. The van der Waals surface area contributed by atoms with Crippen molar-refractivity contribution in [2.75, 3.05) is 13.2 Å². The van der Waals surface area contributed by atoms with Crippen LogP contribution in [0.15, 0.2) is 60.9 Å². The maximum Gasteiger partial charge on any atom is 0.123 e. The summed E-state index contributed by atoms with van der Waals surface area (Å²) in [6.45, 7) is 3.17. The Hall–Kier alpha value is -2.63. The molecule has 0 fully saturated rings. The van der Waals surface area contributed by atoms with Crippen molar-refractivity contribution >= 4 is 0 Å². The van der Waals surface area contributed by atoms with Gasteiger partial charge < -0.3 is 9.84 Å². The van der Waals surface area contributed by atoms with E-state index in [1.54, 1.807) is 0 Å². The standard InChI is InChI=1S/C22H25N3O2/c26-21(8-6-17-4-2-1-3-5-17)19-7-9-22-20(12-19)16-25(10-11-27-22)15-18-13-23-24-14-18/h1-5,7,9,12-14,21,26H,6,8,10-11,15-16H2,(H,23,24). The zero-order valence-corrected chi connectivity index (χ0v) is 15.3. The molecule has 140 valence electrons. The van der Waals surface area contributed by atoms with Crippen LogP contribution >= 0.6 is 0 Å². The summed E-state index contributed by atoms with van der Waals surface area (Å²) in [5.74, 6) is 0.920. The number of benzene rings is 2. The van der Waals surface area contributed by atoms with Crippen LogP contribution in [0, 0.1) is 0 Å². The second kappa shape index (κ2) is 8.37. The van der Waals surface area contributed by atoms with Gasteiger partial charge in [-0.3, -0.25) is 10.00 Å². The van der Waals surface area contributed by atoms with Crippen LogP contribution in [0.2, 0.25) is 0 Å². The van der Waals surface area contributed by atoms with Crippen LogP contribution in [-0.2, 0) is 19.5 Å². The molecule has 5 heteroatoms. The third kappa shape index (κ3) is 4.56. The van der Waals surface area contributed by atoms with Crippen LogP contribution < -0.4 is 4.74 Å². The van der Waals surface area contributed by atoms with Gasteiger partial charge in [-0.05, 0) is 36.1 Å². The van der Waals surface area contributed by atoms with Crippen LogP contribution in [0.3, 0.4) is 0 Å². The molecule has 1 atom stereocenters.